The van der Waals surface area contributed by atoms with Crippen LogP contribution in [0.3, 0.4) is 0 Å². The highest BCUT2D eigenvalue weighted by Crippen LogP contribution is 2.23. The van der Waals surface area contributed by atoms with Gasteiger partial charge in [0, 0.05) is 78.5 Å². The van der Waals surface area contributed by atoms with E-state index in [-0.39, 0.29) is 11.8 Å². The highest BCUT2D eigenvalue weighted by atomic mass is 35.5. The maximum Gasteiger partial charge on any atom is 0.246 e. The van der Waals surface area contributed by atoms with E-state index in [9.17, 15) is 9.59 Å². The van der Waals surface area contributed by atoms with E-state index in [1.165, 1.54) is 6.08 Å². The van der Waals surface area contributed by atoms with Crippen LogP contribution in [0.25, 0.3) is 6.08 Å². The van der Waals surface area contributed by atoms with Gasteiger partial charge in [-0.2, -0.15) is 0 Å². The van der Waals surface area contributed by atoms with Crippen molar-refractivity contribution in [3.63, 3.8) is 0 Å². The van der Waals surface area contributed by atoms with E-state index in [0.29, 0.717) is 36.1 Å². The number of hydrogen-bond acceptors (Lipinski definition) is 5. The van der Waals surface area contributed by atoms with Crippen molar-refractivity contribution in [1.82, 2.24) is 19.6 Å². The largest absolute Gasteiger partial charge is 0.383 e. The van der Waals surface area contributed by atoms with Gasteiger partial charge in [0.05, 0.1) is 16.7 Å². The van der Waals surface area contributed by atoms with Gasteiger partial charge in [0.15, 0.2) is 0 Å². The number of rotatable bonds is 9. The minimum absolute atomic E-state index is 0.0953. The molecule has 0 spiro atoms. The van der Waals surface area contributed by atoms with Crippen molar-refractivity contribution in [2.24, 2.45) is 0 Å². The first-order chi connectivity index (χ1) is 16.0. The Balaban J connectivity index is 1.40. The second kappa shape index (κ2) is 13.3. The molecule has 3 rings (SSSR count). The van der Waals surface area contributed by atoms with Crippen LogP contribution in [0.2, 0.25) is 10.0 Å². The molecule has 1 aromatic carbocycles. The third-order valence-electron chi connectivity index (χ3n) is 6.24. The van der Waals surface area contributed by atoms with E-state index in [4.69, 9.17) is 27.9 Å². The van der Waals surface area contributed by atoms with Crippen LogP contribution in [0.4, 0.5) is 0 Å². The van der Waals surface area contributed by atoms with Crippen LogP contribution in [0.15, 0.2) is 24.3 Å². The molecule has 2 heterocycles. The van der Waals surface area contributed by atoms with E-state index < -0.39 is 0 Å². The van der Waals surface area contributed by atoms with E-state index in [2.05, 4.69) is 9.80 Å². The second-order valence-electron chi connectivity index (χ2n) is 8.49. The molecule has 33 heavy (non-hydrogen) atoms. The molecule has 9 heteroatoms. The highest BCUT2D eigenvalue weighted by Gasteiger charge is 2.23. The van der Waals surface area contributed by atoms with Crippen molar-refractivity contribution in [3.8, 4) is 0 Å². The molecule has 0 bridgehead atoms. The fraction of sp³-hybridized carbons (Fsp3) is 0.583. The lowest BCUT2D eigenvalue weighted by Gasteiger charge is -2.34. The third kappa shape index (κ3) is 8.26. The van der Waals surface area contributed by atoms with Gasteiger partial charge in [-0.3, -0.25) is 14.5 Å². The van der Waals surface area contributed by atoms with Gasteiger partial charge in [-0.25, -0.2) is 0 Å². The first-order valence-corrected chi connectivity index (χ1v) is 12.4. The number of benzene rings is 1. The van der Waals surface area contributed by atoms with E-state index in [0.717, 1.165) is 64.4 Å². The fourth-order valence-electron chi connectivity index (χ4n) is 4.15. The molecule has 0 N–H and O–H groups in total. The normalized spacial score (nSPS) is 18.8. The molecule has 0 aromatic heterocycles. The van der Waals surface area contributed by atoms with Gasteiger partial charge >= 0.3 is 0 Å². The van der Waals surface area contributed by atoms with Crippen molar-refractivity contribution in [2.45, 2.75) is 12.8 Å². The molecule has 0 saturated carbocycles. The molecular weight excluding hydrogens is 463 g/mol. The van der Waals surface area contributed by atoms with E-state index in [1.54, 1.807) is 30.2 Å². The Morgan fingerprint density at radius 1 is 0.970 bits per heavy atom. The summed E-state index contributed by atoms with van der Waals surface area (Å²) < 4.78 is 5.16. The third-order valence-corrected chi connectivity index (χ3v) is 6.98. The average Bonchev–Trinajstić information content (AvgIpc) is 3.00. The number of ether oxygens (including phenoxy) is 1. The van der Waals surface area contributed by atoms with Crippen LogP contribution in [0.1, 0.15) is 18.4 Å². The summed E-state index contributed by atoms with van der Waals surface area (Å²) in [5, 5.41) is 0.936. The molecule has 2 aliphatic rings. The lowest BCUT2D eigenvalue weighted by Crippen LogP contribution is -2.47. The summed E-state index contributed by atoms with van der Waals surface area (Å²) >= 11 is 12.0. The van der Waals surface area contributed by atoms with Crippen LogP contribution in [0, 0.1) is 0 Å². The molecule has 2 aliphatic heterocycles. The molecule has 1 aromatic rings. The van der Waals surface area contributed by atoms with Crippen molar-refractivity contribution in [3.05, 3.63) is 39.9 Å². The lowest BCUT2D eigenvalue weighted by atomic mass is 10.2. The van der Waals surface area contributed by atoms with Gasteiger partial charge in [0.25, 0.3) is 0 Å². The number of carbonyl (C=O) groups is 2. The van der Waals surface area contributed by atoms with Gasteiger partial charge in [-0.15, -0.1) is 0 Å². The minimum atomic E-state index is -0.0953. The Hall–Kier alpha value is -1.64. The van der Waals surface area contributed by atoms with Crippen molar-refractivity contribution >= 4 is 41.1 Å². The van der Waals surface area contributed by atoms with Crippen LogP contribution in [0.5, 0.6) is 0 Å². The van der Waals surface area contributed by atoms with E-state index in [1.807, 2.05) is 11.0 Å². The Kier molecular flexibility index (Phi) is 10.5. The summed E-state index contributed by atoms with van der Waals surface area (Å²) in [6, 6.07) is 5.24. The first-order valence-electron chi connectivity index (χ1n) is 11.6. The standard InChI is InChI=1S/C24H34Cl2N4O3/c1-33-18-17-28-13-11-27(12-14-28)8-2-9-29-15-16-30(10-7-24(29)32)23(31)6-4-20-3-5-21(25)22(26)19-20/h3-6,19H,2,7-18H2,1H3/b6-4+. The zero-order valence-electron chi connectivity index (χ0n) is 19.3. The maximum atomic E-state index is 12.6. The quantitative estimate of drug-likeness (QED) is 0.492. The number of methoxy groups -OCH3 is 1. The number of hydrogen-bond donors (Lipinski definition) is 0. The van der Waals surface area contributed by atoms with Gasteiger partial charge in [-0.1, -0.05) is 29.3 Å². The molecule has 0 aliphatic carbocycles. The molecule has 0 unspecified atom stereocenters. The minimum Gasteiger partial charge on any atom is -0.383 e. The SMILES string of the molecule is COCCN1CCN(CCCN2CCN(C(=O)/C=C/c3ccc(Cl)c(Cl)c3)CCC2=O)CC1. The summed E-state index contributed by atoms with van der Waals surface area (Å²) in [5.41, 5.74) is 0.810. The smallest absolute Gasteiger partial charge is 0.246 e. The van der Waals surface area contributed by atoms with Crippen molar-refractivity contribution < 1.29 is 14.3 Å². The summed E-state index contributed by atoms with van der Waals surface area (Å²) in [7, 11) is 1.74. The zero-order valence-corrected chi connectivity index (χ0v) is 20.9. The van der Waals surface area contributed by atoms with Crippen LogP contribution in [-0.2, 0) is 14.3 Å². The van der Waals surface area contributed by atoms with Crippen LogP contribution in [-0.4, -0.2) is 111 Å². The average molecular weight is 497 g/mol. The number of nitrogens with zero attached hydrogens (tertiary/aromatic N) is 4. The first kappa shape index (κ1) is 26.0. The number of halogens is 2. The van der Waals surface area contributed by atoms with Crippen LogP contribution >= 0.6 is 23.2 Å². The van der Waals surface area contributed by atoms with Crippen molar-refractivity contribution in [1.29, 1.82) is 0 Å². The number of amides is 2. The number of carbonyl (C=O) groups excluding carboxylic acids is 2. The Morgan fingerprint density at radius 2 is 1.70 bits per heavy atom. The molecule has 2 amide bonds. The molecule has 2 fully saturated rings. The summed E-state index contributed by atoms with van der Waals surface area (Å²) in [6.45, 7) is 9.34. The molecule has 7 nitrogen and oxygen atoms in total. The maximum absolute atomic E-state index is 12.6. The lowest BCUT2D eigenvalue weighted by molar-refractivity contribution is -0.130. The van der Waals surface area contributed by atoms with Gasteiger partial charge in [0.2, 0.25) is 11.8 Å². The predicted octanol–water partition coefficient (Wildman–Crippen LogP) is 2.72. The topological polar surface area (TPSA) is 56.3 Å². The Bertz CT molecular complexity index is 828. The van der Waals surface area contributed by atoms with Gasteiger partial charge in [-0.05, 0) is 36.7 Å². The molecular formula is C24H34Cl2N4O3. The monoisotopic (exact) mass is 496 g/mol. The Labute approximate surface area is 206 Å². The summed E-state index contributed by atoms with van der Waals surface area (Å²) in [6.07, 6.45) is 4.58. The molecule has 2 saturated heterocycles. The fourth-order valence-corrected chi connectivity index (χ4v) is 4.46. The van der Waals surface area contributed by atoms with Gasteiger partial charge in [0.1, 0.15) is 0 Å². The van der Waals surface area contributed by atoms with E-state index >= 15 is 0 Å². The van der Waals surface area contributed by atoms with Crippen molar-refractivity contribution in [2.75, 3.05) is 79.2 Å². The summed E-state index contributed by atoms with van der Waals surface area (Å²) in [4.78, 5) is 33.7. The van der Waals surface area contributed by atoms with Gasteiger partial charge < -0.3 is 19.4 Å². The number of piperazine rings is 1. The zero-order chi connectivity index (χ0) is 23.6. The van der Waals surface area contributed by atoms with Crippen LogP contribution < -0.4 is 0 Å². The molecule has 182 valence electrons. The highest BCUT2D eigenvalue weighted by molar-refractivity contribution is 6.42. The predicted molar refractivity (Wildman–Crippen MR) is 133 cm³/mol. The summed E-state index contributed by atoms with van der Waals surface area (Å²) in [5.74, 6) is 0.0326. The molecule has 0 radical (unpaired) electrons. The second-order valence-corrected chi connectivity index (χ2v) is 9.31. The molecule has 0 atom stereocenters. The Morgan fingerprint density at radius 3 is 2.39 bits per heavy atom.